The van der Waals surface area contributed by atoms with Gasteiger partial charge in [0.1, 0.15) is 5.75 Å². The first kappa shape index (κ1) is 21.9. The van der Waals surface area contributed by atoms with Crippen LogP contribution in [0.25, 0.3) is 0 Å². The molecule has 0 radical (unpaired) electrons. The number of amides is 2. The van der Waals surface area contributed by atoms with Gasteiger partial charge < -0.3 is 10.1 Å². The highest BCUT2D eigenvalue weighted by molar-refractivity contribution is 6.36. The molecule has 3 aromatic carbocycles. The summed E-state index contributed by atoms with van der Waals surface area (Å²) in [4.78, 5) is 25.7. The average molecular weight is 469 g/mol. The van der Waals surface area contributed by atoms with Gasteiger partial charge in [-0.25, -0.2) is 0 Å². The topological polar surface area (TPSA) is 70.4 Å². The van der Waals surface area contributed by atoms with Gasteiger partial charge in [-0.3, -0.25) is 9.59 Å². The number of carbonyl (C=O) groups excluding carboxylic acids is 2. The Morgan fingerprint density at radius 1 is 1.06 bits per heavy atom. The van der Waals surface area contributed by atoms with Crippen molar-refractivity contribution in [2.24, 2.45) is 0 Å². The second kappa shape index (κ2) is 9.42. The molecule has 1 fully saturated rings. The molecule has 1 saturated heterocycles. The molecule has 8 heteroatoms. The molecule has 3 aromatic rings. The van der Waals surface area contributed by atoms with Crippen molar-refractivity contribution in [2.75, 3.05) is 7.11 Å². The molecule has 1 aliphatic rings. The quantitative estimate of drug-likeness (QED) is 0.555. The summed E-state index contributed by atoms with van der Waals surface area (Å²) in [6.45, 7) is 0. The second-order valence-corrected chi connectivity index (χ2v) is 8.06. The number of hydrogen-bond acceptors (Lipinski definition) is 3. The molecule has 2 N–H and O–H groups in total. The number of nitrogens with one attached hydrogen (secondary N) is 2. The van der Waals surface area contributed by atoms with E-state index in [9.17, 15) is 9.59 Å². The maximum Gasteiger partial charge on any atom is 0.304 e. The minimum Gasteiger partial charge on any atom is -0.497 e. The predicted octanol–water partition coefficient (Wildman–Crippen LogP) is 4.02. The number of nitrogens with zero attached hydrogens (tertiary/aromatic N) is 1. The molecule has 4 rings (SSSR count). The number of carbonyl (C=O) groups is 2. The Morgan fingerprint density at radius 3 is 2.44 bits per heavy atom. The number of methoxy groups -OCH3 is 1. The van der Waals surface area contributed by atoms with Gasteiger partial charge in [0.15, 0.2) is 6.04 Å². The van der Waals surface area contributed by atoms with Crippen LogP contribution < -0.4 is 15.5 Å². The normalized spacial score (nSPS) is 19.0. The number of benzene rings is 3. The maximum absolute atomic E-state index is 12.9. The number of ether oxygens (including phenoxy) is 1. The highest BCUT2D eigenvalue weighted by Gasteiger charge is 2.47. The van der Waals surface area contributed by atoms with Crippen LogP contribution in [0.15, 0.2) is 72.8 Å². The van der Waals surface area contributed by atoms with Crippen LogP contribution in [0.1, 0.15) is 27.5 Å². The van der Waals surface area contributed by atoms with Crippen LogP contribution in [-0.2, 0) is 4.79 Å². The minimum atomic E-state index is -0.835. The number of halogens is 2. The average Bonchev–Trinajstić information content (AvgIpc) is 3.10. The molecule has 0 saturated carbocycles. The Bertz CT molecular complexity index is 1180. The van der Waals surface area contributed by atoms with Gasteiger partial charge in [0, 0.05) is 16.1 Å². The second-order valence-electron chi connectivity index (χ2n) is 7.21. The molecule has 0 aliphatic carbocycles. The van der Waals surface area contributed by atoms with E-state index in [1.807, 2.05) is 30.3 Å². The SMILES string of the molecule is COc1ccc([C@H]2[C@@H](NC(=O)c3ccccc3)C(=O)N/[N+]2=C\c2ccc(Cl)cc2Cl)cc1. The van der Waals surface area contributed by atoms with Gasteiger partial charge in [-0.15, -0.1) is 10.1 Å². The summed E-state index contributed by atoms with van der Waals surface area (Å²) >= 11 is 12.3. The Balaban J connectivity index is 1.73. The molecule has 0 spiro atoms. The molecule has 32 heavy (non-hydrogen) atoms. The summed E-state index contributed by atoms with van der Waals surface area (Å²) in [6, 6.07) is 19.8. The summed E-state index contributed by atoms with van der Waals surface area (Å²) in [7, 11) is 1.58. The lowest BCUT2D eigenvalue weighted by Gasteiger charge is -2.15. The minimum absolute atomic E-state index is 0.337. The van der Waals surface area contributed by atoms with E-state index in [0.717, 1.165) is 5.56 Å². The van der Waals surface area contributed by atoms with Crippen molar-refractivity contribution in [1.29, 1.82) is 0 Å². The fraction of sp³-hybridized carbons (Fsp3) is 0.125. The third kappa shape index (κ3) is 4.61. The number of hydrazine groups is 1. The Labute approximate surface area is 195 Å². The highest BCUT2D eigenvalue weighted by Crippen LogP contribution is 2.28. The molecule has 1 aliphatic heterocycles. The van der Waals surface area contributed by atoms with E-state index in [1.165, 1.54) is 0 Å². The summed E-state index contributed by atoms with van der Waals surface area (Å²) in [5.74, 6) is 0.0132. The fourth-order valence-electron chi connectivity index (χ4n) is 3.55. The largest absolute Gasteiger partial charge is 0.497 e. The molecule has 0 aromatic heterocycles. The van der Waals surface area contributed by atoms with Gasteiger partial charge >= 0.3 is 5.91 Å². The van der Waals surface area contributed by atoms with E-state index < -0.39 is 12.1 Å². The Hall–Kier alpha value is -3.35. The fourth-order valence-corrected chi connectivity index (χ4v) is 4.01. The first-order valence-electron chi connectivity index (χ1n) is 9.85. The third-order valence-electron chi connectivity index (χ3n) is 5.16. The Kier molecular flexibility index (Phi) is 6.44. The molecule has 1 heterocycles. The van der Waals surface area contributed by atoms with Crippen LogP contribution >= 0.6 is 23.2 Å². The smallest absolute Gasteiger partial charge is 0.304 e. The van der Waals surface area contributed by atoms with E-state index in [0.29, 0.717) is 26.9 Å². The van der Waals surface area contributed by atoms with Crippen molar-refractivity contribution in [1.82, 2.24) is 10.7 Å². The van der Waals surface area contributed by atoms with Gasteiger partial charge in [0.2, 0.25) is 12.3 Å². The van der Waals surface area contributed by atoms with Gasteiger partial charge in [-0.1, -0.05) is 41.4 Å². The zero-order valence-electron chi connectivity index (χ0n) is 17.1. The molecule has 0 bridgehead atoms. The highest BCUT2D eigenvalue weighted by atomic mass is 35.5. The van der Waals surface area contributed by atoms with E-state index in [2.05, 4.69) is 10.7 Å². The first-order chi connectivity index (χ1) is 15.5. The summed E-state index contributed by atoms with van der Waals surface area (Å²) in [5.41, 5.74) is 4.78. The van der Waals surface area contributed by atoms with Crippen molar-refractivity contribution in [3.63, 3.8) is 0 Å². The van der Waals surface area contributed by atoms with Crippen LogP contribution in [0.5, 0.6) is 5.75 Å². The summed E-state index contributed by atoms with van der Waals surface area (Å²) in [5, 5.41) is 3.82. The maximum atomic E-state index is 12.9. The standard InChI is InChI=1S/C24H19Cl2N3O3/c1-32-19-11-8-15(9-12-19)22-21(27-23(30)16-5-3-2-4-6-16)24(31)28-29(22)14-17-7-10-18(25)13-20(17)26/h2-14,21-22H,1H3,(H-,27,28,30,31)/p+1/b29-14-/t21-,22+/m1/s1. The van der Waals surface area contributed by atoms with E-state index >= 15 is 0 Å². The van der Waals surface area contributed by atoms with Gasteiger partial charge in [0.25, 0.3) is 5.91 Å². The van der Waals surface area contributed by atoms with E-state index in [1.54, 1.807) is 60.5 Å². The molecular weight excluding hydrogens is 449 g/mol. The number of rotatable bonds is 5. The van der Waals surface area contributed by atoms with Gasteiger partial charge in [0.05, 0.1) is 17.7 Å². The zero-order chi connectivity index (χ0) is 22.7. The van der Waals surface area contributed by atoms with Crippen LogP contribution in [0.2, 0.25) is 10.0 Å². The van der Waals surface area contributed by atoms with Crippen molar-refractivity contribution in [3.8, 4) is 5.75 Å². The molecular formula is C24H20Cl2N3O3+. The van der Waals surface area contributed by atoms with Crippen molar-refractivity contribution in [2.45, 2.75) is 12.1 Å². The van der Waals surface area contributed by atoms with Crippen LogP contribution in [-0.4, -0.2) is 35.9 Å². The van der Waals surface area contributed by atoms with E-state index in [-0.39, 0.29) is 11.8 Å². The monoisotopic (exact) mass is 468 g/mol. The number of hydrogen-bond donors (Lipinski definition) is 2. The van der Waals surface area contributed by atoms with E-state index in [4.69, 9.17) is 27.9 Å². The molecule has 162 valence electrons. The lowest BCUT2D eigenvalue weighted by molar-refractivity contribution is -0.596. The van der Waals surface area contributed by atoms with Crippen molar-refractivity contribution in [3.05, 3.63) is 99.5 Å². The zero-order valence-corrected chi connectivity index (χ0v) is 18.6. The molecule has 0 unspecified atom stereocenters. The lowest BCUT2D eigenvalue weighted by Crippen LogP contribution is -2.42. The molecule has 2 amide bonds. The summed E-state index contributed by atoms with van der Waals surface area (Å²) < 4.78 is 6.90. The third-order valence-corrected chi connectivity index (χ3v) is 5.72. The van der Waals surface area contributed by atoms with Crippen LogP contribution in [0.3, 0.4) is 0 Å². The predicted molar refractivity (Wildman–Crippen MR) is 123 cm³/mol. The summed E-state index contributed by atoms with van der Waals surface area (Å²) in [6.07, 6.45) is 1.72. The van der Waals surface area contributed by atoms with Gasteiger partial charge in [-0.2, -0.15) is 0 Å². The van der Waals surface area contributed by atoms with Crippen molar-refractivity contribution < 1.29 is 19.0 Å². The Morgan fingerprint density at radius 2 is 1.78 bits per heavy atom. The molecule has 2 atom stereocenters. The lowest BCUT2D eigenvalue weighted by atomic mass is 9.99. The van der Waals surface area contributed by atoms with Crippen LogP contribution in [0.4, 0.5) is 0 Å². The molecule has 6 nitrogen and oxygen atoms in total. The van der Waals surface area contributed by atoms with Gasteiger partial charge in [-0.05, 0) is 54.6 Å². The first-order valence-corrected chi connectivity index (χ1v) is 10.6. The van der Waals surface area contributed by atoms with Crippen LogP contribution in [0, 0.1) is 0 Å². The van der Waals surface area contributed by atoms with Crippen molar-refractivity contribution >= 4 is 41.2 Å². The number of hydrazone groups is 1.